The van der Waals surface area contributed by atoms with Crippen LogP contribution in [0, 0.1) is 6.92 Å². The fourth-order valence-electron chi connectivity index (χ4n) is 0.973. The smallest absolute Gasteiger partial charge is 0.232 e. The zero-order valence-electron chi connectivity index (χ0n) is 8.58. The molecule has 0 fully saturated rings. The van der Waals surface area contributed by atoms with Crippen molar-refractivity contribution in [2.75, 3.05) is 18.3 Å². The van der Waals surface area contributed by atoms with Crippen molar-refractivity contribution in [2.45, 2.75) is 13.3 Å². The van der Waals surface area contributed by atoms with E-state index < -0.39 is 0 Å². The van der Waals surface area contributed by atoms with E-state index in [1.807, 2.05) is 0 Å². The third-order valence-corrected chi connectivity index (χ3v) is 1.80. The van der Waals surface area contributed by atoms with E-state index in [4.69, 9.17) is 16.3 Å². The summed E-state index contributed by atoms with van der Waals surface area (Å²) >= 11 is 5.43. The number of rotatable bonds is 4. The summed E-state index contributed by atoms with van der Waals surface area (Å²) in [5.74, 6) is 0.720. The molecule has 1 amide bonds. The fraction of sp³-hybridized carbons (Fsp3) is 0.444. The van der Waals surface area contributed by atoms with Crippen LogP contribution < -0.4 is 10.1 Å². The van der Waals surface area contributed by atoms with Crippen LogP contribution in [0.25, 0.3) is 0 Å². The van der Waals surface area contributed by atoms with E-state index in [1.54, 1.807) is 13.0 Å². The number of ether oxygens (including phenoxy) is 1. The molecule has 0 aliphatic heterocycles. The Morgan fingerprint density at radius 2 is 2.33 bits per heavy atom. The third kappa shape index (κ3) is 3.71. The molecule has 1 heterocycles. The van der Waals surface area contributed by atoms with Gasteiger partial charge in [0.25, 0.3) is 0 Å². The number of alkyl halides is 1. The highest BCUT2D eigenvalue weighted by atomic mass is 35.5. The number of aromatic nitrogens is 2. The van der Waals surface area contributed by atoms with E-state index in [2.05, 4.69) is 15.3 Å². The number of hydrogen-bond acceptors (Lipinski definition) is 4. The Labute approximate surface area is 92.8 Å². The molecule has 15 heavy (non-hydrogen) atoms. The first kappa shape index (κ1) is 11.7. The second kappa shape index (κ2) is 5.50. The summed E-state index contributed by atoms with van der Waals surface area (Å²) in [6, 6.07) is 1.68. The number of methoxy groups -OCH3 is 1. The van der Waals surface area contributed by atoms with Crippen LogP contribution in [0.4, 0.5) is 5.95 Å². The van der Waals surface area contributed by atoms with Gasteiger partial charge in [-0.1, -0.05) is 0 Å². The standard InChI is InChI=1S/C9H12ClN3O2/c1-6-5-8(15-2)13-9(11-6)12-7(14)3-4-10/h5H,3-4H2,1-2H3,(H,11,12,13,14). The normalized spacial score (nSPS) is 9.80. The first-order valence-corrected chi connectivity index (χ1v) is 4.94. The summed E-state index contributed by atoms with van der Waals surface area (Å²) in [4.78, 5) is 19.2. The molecule has 0 aliphatic rings. The third-order valence-electron chi connectivity index (χ3n) is 1.61. The second-order valence-corrected chi connectivity index (χ2v) is 3.24. The minimum absolute atomic E-state index is 0.211. The van der Waals surface area contributed by atoms with Crippen molar-refractivity contribution in [3.63, 3.8) is 0 Å². The van der Waals surface area contributed by atoms with Crippen molar-refractivity contribution < 1.29 is 9.53 Å². The number of hydrogen-bond donors (Lipinski definition) is 1. The lowest BCUT2D eigenvalue weighted by molar-refractivity contribution is -0.115. The quantitative estimate of drug-likeness (QED) is 0.792. The molecule has 1 N–H and O–H groups in total. The SMILES string of the molecule is COc1cc(C)nc(NC(=O)CCCl)n1. The van der Waals surface area contributed by atoms with Gasteiger partial charge in [-0.2, -0.15) is 4.98 Å². The largest absolute Gasteiger partial charge is 0.481 e. The highest BCUT2D eigenvalue weighted by Gasteiger charge is 2.06. The lowest BCUT2D eigenvalue weighted by atomic mass is 10.4. The number of anilines is 1. The Bertz CT molecular complexity index is 357. The predicted octanol–water partition coefficient (Wildman–Crippen LogP) is 1.36. The van der Waals surface area contributed by atoms with Crippen molar-refractivity contribution in [2.24, 2.45) is 0 Å². The predicted molar refractivity (Wildman–Crippen MR) is 57.3 cm³/mol. The van der Waals surface area contributed by atoms with Gasteiger partial charge in [0.1, 0.15) is 0 Å². The van der Waals surface area contributed by atoms with Crippen molar-refractivity contribution in [3.05, 3.63) is 11.8 Å². The fourth-order valence-corrected chi connectivity index (χ4v) is 1.14. The van der Waals surface area contributed by atoms with Gasteiger partial charge < -0.3 is 4.74 Å². The molecule has 0 aromatic carbocycles. The maximum absolute atomic E-state index is 11.2. The zero-order valence-corrected chi connectivity index (χ0v) is 9.34. The van der Waals surface area contributed by atoms with Crippen LogP contribution in [-0.4, -0.2) is 28.9 Å². The summed E-state index contributed by atoms with van der Waals surface area (Å²) in [6.45, 7) is 1.79. The van der Waals surface area contributed by atoms with Crippen molar-refractivity contribution in [3.8, 4) is 5.88 Å². The highest BCUT2D eigenvalue weighted by molar-refractivity contribution is 6.19. The van der Waals surface area contributed by atoms with Crippen molar-refractivity contribution in [1.29, 1.82) is 0 Å². The van der Waals surface area contributed by atoms with Crippen LogP contribution in [0.15, 0.2) is 6.07 Å². The molecule has 0 atom stereocenters. The van der Waals surface area contributed by atoms with Gasteiger partial charge in [-0.15, -0.1) is 11.6 Å². The molecule has 0 saturated heterocycles. The van der Waals surface area contributed by atoms with Gasteiger partial charge in [0.2, 0.25) is 17.7 Å². The lowest BCUT2D eigenvalue weighted by Gasteiger charge is -2.05. The average molecular weight is 230 g/mol. The van der Waals surface area contributed by atoms with Crippen molar-refractivity contribution >= 4 is 23.5 Å². The molecule has 1 aromatic heterocycles. The molecular formula is C9H12ClN3O2. The lowest BCUT2D eigenvalue weighted by Crippen LogP contribution is -2.14. The summed E-state index contributed by atoms with van der Waals surface area (Å²) in [7, 11) is 1.51. The molecule has 0 bridgehead atoms. The first-order valence-electron chi connectivity index (χ1n) is 4.41. The van der Waals surface area contributed by atoms with E-state index in [9.17, 15) is 4.79 Å². The molecule has 0 aliphatic carbocycles. The first-order chi connectivity index (χ1) is 7.15. The minimum Gasteiger partial charge on any atom is -0.481 e. The van der Waals surface area contributed by atoms with E-state index >= 15 is 0 Å². The van der Waals surface area contributed by atoms with E-state index in [0.717, 1.165) is 5.69 Å². The van der Waals surface area contributed by atoms with Crippen LogP contribution >= 0.6 is 11.6 Å². The minimum atomic E-state index is -0.211. The molecular weight excluding hydrogens is 218 g/mol. The van der Waals surface area contributed by atoms with Crippen molar-refractivity contribution in [1.82, 2.24) is 9.97 Å². The van der Waals surface area contributed by atoms with Crippen LogP contribution in [0.1, 0.15) is 12.1 Å². The number of aryl methyl sites for hydroxylation is 1. The van der Waals surface area contributed by atoms with Gasteiger partial charge in [0.05, 0.1) is 7.11 Å². The maximum Gasteiger partial charge on any atom is 0.232 e. The Balaban J connectivity index is 2.76. The Morgan fingerprint density at radius 1 is 1.60 bits per heavy atom. The summed E-state index contributed by atoms with van der Waals surface area (Å²) in [5, 5.41) is 2.53. The van der Waals surface area contributed by atoms with Gasteiger partial charge in [0, 0.05) is 24.1 Å². The van der Waals surface area contributed by atoms with Gasteiger partial charge in [0.15, 0.2) is 0 Å². The summed E-state index contributed by atoms with van der Waals surface area (Å²) < 4.78 is 4.95. The highest BCUT2D eigenvalue weighted by Crippen LogP contribution is 2.11. The number of nitrogens with zero attached hydrogens (tertiary/aromatic N) is 2. The Morgan fingerprint density at radius 3 is 2.93 bits per heavy atom. The summed E-state index contributed by atoms with van der Waals surface area (Å²) in [6.07, 6.45) is 0.237. The van der Waals surface area contributed by atoms with Crippen LogP contribution in [0.3, 0.4) is 0 Å². The van der Waals surface area contributed by atoms with Gasteiger partial charge >= 0.3 is 0 Å². The molecule has 0 radical (unpaired) electrons. The molecule has 0 spiro atoms. The monoisotopic (exact) mass is 229 g/mol. The number of carbonyl (C=O) groups is 1. The van der Waals surface area contributed by atoms with Crippen LogP contribution in [0.2, 0.25) is 0 Å². The van der Waals surface area contributed by atoms with E-state index in [1.165, 1.54) is 7.11 Å². The van der Waals surface area contributed by atoms with Gasteiger partial charge in [-0.25, -0.2) is 4.98 Å². The Kier molecular flexibility index (Phi) is 4.30. The average Bonchev–Trinajstić information content (AvgIpc) is 2.17. The zero-order chi connectivity index (χ0) is 11.3. The molecule has 0 saturated carbocycles. The Hall–Kier alpha value is -1.36. The number of carbonyl (C=O) groups excluding carboxylic acids is 1. The number of amides is 1. The molecule has 5 nitrogen and oxygen atoms in total. The molecule has 82 valence electrons. The summed E-state index contributed by atoms with van der Waals surface area (Å²) in [5.41, 5.74) is 0.725. The molecule has 0 unspecified atom stereocenters. The van der Waals surface area contributed by atoms with Crippen LogP contribution in [-0.2, 0) is 4.79 Å². The molecule has 1 rings (SSSR count). The van der Waals surface area contributed by atoms with E-state index in [-0.39, 0.29) is 24.2 Å². The van der Waals surface area contributed by atoms with Gasteiger partial charge in [-0.3, -0.25) is 10.1 Å². The molecule has 1 aromatic rings. The van der Waals surface area contributed by atoms with Gasteiger partial charge in [-0.05, 0) is 6.92 Å². The topological polar surface area (TPSA) is 64.1 Å². The van der Waals surface area contributed by atoms with Crippen LogP contribution in [0.5, 0.6) is 5.88 Å². The van der Waals surface area contributed by atoms with E-state index in [0.29, 0.717) is 5.88 Å². The number of nitrogens with one attached hydrogen (secondary N) is 1. The maximum atomic E-state index is 11.2. The number of halogens is 1. The molecule has 6 heteroatoms. The second-order valence-electron chi connectivity index (χ2n) is 2.86.